The molecule has 0 aliphatic heterocycles. The van der Waals surface area contributed by atoms with E-state index in [2.05, 4.69) is 0 Å². The molecule has 0 spiro atoms. The summed E-state index contributed by atoms with van der Waals surface area (Å²) in [6.45, 7) is -0.311. The highest BCUT2D eigenvalue weighted by Crippen LogP contribution is 2.15. The second-order valence-corrected chi connectivity index (χ2v) is 3.14. The summed E-state index contributed by atoms with van der Waals surface area (Å²) in [6, 6.07) is 0. The Kier molecular flexibility index (Phi) is 6.07. The lowest BCUT2D eigenvalue weighted by atomic mass is 10.2. The van der Waals surface area contributed by atoms with Crippen molar-refractivity contribution in [2.75, 3.05) is 26.7 Å². The van der Waals surface area contributed by atoms with Crippen molar-refractivity contribution >= 4 is 0 Å². The maximum Gasteiger partial charge on any atom is 0.401 e. The molecule has 0 fully saturated rings. The third kappa shape index (κ3) is 9.63. The monoisotopic (exact) mass is 199 g/mol. The molecule has 0 aromatic carbocycles. The minimum absolute atomic E-state index is 0.114. The first-order valence-electron chi connectivity index (χ1n) is 4.32. The van der Waals surface area contributed by atoms with Gasteiger partial charge in [-0.2, -0.15) is 13.2 Å². The second-order valence-electron chi connectivity index (χ2n) is 3.14. The van der Waals surface area contributed by atoms with Crippen molar-refractivity contribution in [1.82, 2.24) is 4.90 Å². The molecular weight excluding hydrogens is 183 g/mol. The van der Waals surface area contributed by atoms with E-state index in [1.54, 1.807) is 0 Å². The quantitative estimate of drug-likeness (QED) is 0.657. The number of aliphatic hydroxyl groups is 1. The van der Waals surface area contributed by atoms with Crippen molar-refractivity contribution < 1.29 is 18.3 Å². The van der Waals surface area contributed by atoms with Crippen molar-refractivity contribution in [3.63, 3.8) is 0 Å². The van der Waals surface area contributed by atoms with Gasteiger partial charge in [0.15, 0.2) is 0 Å². The van der Waals surface area contributed by atoms with Crippen LogP contribution in [-0.4, -0.2) is 42.9 Å². The number of hydrogen-bond acceptors (Lipinski definition) is 2. The molecule has 0 heterocycles. The fraction of sp³-hybridized carbons (Fsp3) is 1.00. The maximum absolute atomic E-state index is 11.8. The van der Waals surface area contributed by atoms with Gasteiger partial charge in [-0.25, -0.2) is 0 Å². The lowest BCUT2D eigenvalue weighted by Gasteiger charge is -2.17. The highest BCUT2D eigenvalue weighted by molar-refractivity contribution is 4.58. The van der Waals surface area contributed by atoms with Gasteiger partial charge in [-0.05, 0) is 32.9 Å². The molecule has 1 N–H and O–H groups in total. The van der Waals surface area contributed by atoms with E-state index in [0.29, 0.717) is 19.4 Å². The van der Waals surface area contributed by atoms with Crippen LogP contribution in [0.25, 0.3) is 0 Å². The Morgan fingerprint density at radius 2 is 1.77 bits per heavy atom. The molecular formula is C8H16F3NO. The second kappa shape index (κ2) is 6.21. The van der Waals surface area contributed by atoms with Crippen LogP contribution in [0.3, 0.4) is 0 Å². The Labute approximate surface area is 76.3 Å². The van der Waals surface area contributed by atoms with Crippen molar-refractivity contribution in [2.45, 2.75) is 25.4 Å². The lowest BCUT2D eigenvalue weighted by Crippen LogP contribution is -2.31. The molecule has 0 amide bonds. The smallest absolute Gasteiger partial charge is 0.396 e. The molecule has 5 heteroatoms. The lowest BCUT2D eigenvalue weighted by molar-refractivity contribution is -0.143. The molecule has 0 aliphatic carbocycles. The van der Waals surface area contributed by atoms with Crippen molar-refractivity contribution in [1.29, 1.82) is 0 Å². The molecule has 2 nitrogen and oxygen atoms in total. The Bertz CT molecular complexity index is 127. The van der Waals surface area contributed by atoms with Crippen LogP contribution in [0, 0.1) is 0 Å². The summed E-state index contributed by atoms with van der Waals surface area (Å²) >= 11 is 0. The van der Waals surface area contributed by atoms with E-state index in [4.69, 9.17) is 5.11 Å². The maximum atomic E-state index is 11.8. The molecule has 0 aromatic heterocycles. The topological polar surface area (TPSA) is 23.5 Å². The number of hydrogen-bond donors (Lipinski definition) is 1. The zero-order chi connectivity index (χ0) is 10.3. The van der Waals surface area contributed by atoms with Crippen LogP contribution in [0.2, 0.25) is 0 Å². The van der Waals surface area contributed by atoms with E-state index in [0.717, 1.165) is 6.42 Å². The molecule has 0 rings (SSSR count). The third-order valence-electron chi connectivity index (χ3n) is 1.65. The van der Waals surface area contributed by atoms with Gasteiger partial charge < -0.3 is 5.11 Å². The molecule has 13 heavy (non-hydrogen) atoms. The van der Waals surface area contributed by atoms with Gasteiger partial charge >= 0.3 is 6.18 Å². The Morgan fingerprint density at radius 1 is 1.15 bits per heavy atom. The molecule has 0 atom stereocenters. The van der Waals surface area contributed by atoms with Gasteiger partial charge in [-0.3, -0.25) is 4.90 Å². The van der Waals surface area contributed by atoms with Gasteiger partial charge in [-0.1, -0.05) is 0 Å². The fourth-order valence-corrected chi connectivity index (χ4v) is 1.06. The first-order valence-corrected chi connectivity index (χ1v) is 4.32. The highest BCUT2D eigenvalue weighted by Gasteiger charge is 2.28. The van der Waals surface area contributed by atoms with Crippen molar-refractivity contribution in [3.8, 4) is 0 Å². The summed E-state index contributed by atoms with van der Waals surface area (Å²) in [6.07, 6.45) is -1.96. The molecule has 0 saturated heterocycles. The fourth-order valence-electron chi connectivity index (χ4n) is 1.06. The minimum atomic E-state index is -4.11. The normalized spacial score (nSPS) is 12.5. The van der Waals surface area contributed by atoms with Crippen LogP contribution in [0.1, 0.15) is 19.3 Å². The predicted molar refractivity (Wildman–Crippen MR) is 44.5 cm³/mol. The van der Waals surface area contributed by atoms with Crippen molar-refractivity contribution in [3.05, 3.63) is 0 Å². The molecule has 80 valence electrons. The van der Waals surface area contributed by atoms with Crippen molar-refractivity contribution in [2.24, 2.45) is 0 Å². The van der Waals surface area contributed by atoms with Gasteiger partial charge in [-0.15, -0.1) is 0 Å². The van der Waals surface area contributed by atoms with E-state index in [-0.39, 0.29) is 6.61 Å². The van der Waals surface area contributed by atoms with E-state index in [1.165, 1.54) is 11.9 Å². The van der Waals surface area contributed by atoms with Crippen LogP contribution in [0.15, 0.2) is 0 Å². The molecule has 0 aliphatic rings. The summed E-state index contributed by atoms with van der Waals surface area (Å²) in [4.78, 5) is 1.25. The molecule has 0 saturated carbocycles. The van der Waals surface area contributed by atoms with Gasteiger partial charge in [0.1, 0.15) is 0 Å². The van der Waals surface area contributed by atoms with Gasteiger partial charge in [0, 0.05) is 6.61 Å². The van der Waals surface area contributed by atoms with Crippen LogP contribution in [0.5, 0.6) is 0 Å². The minimum Gasteiger partial charge on any atom is -0.396 e. The van der Waals surface area contributed by atoms with E-state index >= 15 is 0 Å². The van der Waals surface area contributed by atoms with E-state index < -0.39 is 12.7 Å². The first kappa shape index (κ1) is 12.7. The average molecular weight is 199 g/mol. The zero-order valence-corrected chi connectivity index (χ0v) is 7.77. The number of aliphatic hydroxyl groups excluding tert-OH is 1. The van der Waals surface area contributed by atoms with E-state index in [9.17, 15) is 13.2 Å². The van der Waals surface area contributed by atoms with Crippen LogP contribution in [0.4, 0.5) is 13.2 Å². The first-order chi connectivity index (χ1) is 5.95. The van der Waals surface area contributed by atoms with Crippen LogP contribution in [-0.2, 0) is 0 Å². The zero-order valence-electron chi connectivity index (χ0n) is 7.77. The Hall–Kier alpha value is -0.290. The highest BCUT2D eigenvalue weighted by atomic mass is 19.4. The van der Waals surface area contributed by atoms with Gasteiger partial charge in [0.2, 0.25) is 0 Å². The third-order valence-corrected chi connectivity index (χ3v) is 1.65. The van der Waals surface area contributed by atoms with Gasteiger partial charge in [0.05, 0.1) is 6.54 Å². The Morgan fingerprint density at radius 3 is 2.23 bits per heavy atom. The summed E-state index contributed by atoms with van der Waals surface area (Å²) in [5, 5.41) is 8.42. The summed E-state index contributed by atoms with van der Waals surface area (Å²) < 4.78 is 35.4. The summed E-state index contributed by atoms with van der Waals surface area (Å²) in [7, 11) is 1.45. The number of unbranched alkanes of at least 4 members (excludes halogenated alkanes) is 2. The number of alkyl halides is 3. The summed E-state index contributed by atoms with van der Waals surface area (Å²) in [5.74, 6) is 0. The predicted octanol–water partition coefficient (Wildman–Crippen LogP) is 1.64. The molecule has 0 radical (unpaired) electrons. The number of halogens is 3. The largest absolute Gasteiger partial charge is 0.401 e. The standard InChI is InChI=1S/C8H16F3NO/c1-12(7-8(9,10)11)5-3-2-4-6-13/h13H,2-7H2,1H3. The number of rotatable bonds is 6. The molecule has 0 aromatic rings. The van der Waals surface area contributed by atoms with Crippen LogP contribution < -0.4 is 0 Å². The Balaban J connectivity index is 3.35. The number of nitrogens with zero attached hydrogens (tertiary/aromatic N) is 1. The average Bonchev–Trinajstić information content (AvgIpc) is 1.94. The SMILES string of the molecule is CN(CCCCCO)CC(F)(F)F. The van der Waals surface area contributed by atoms with Gasteiger partial charge in [0.25, 0.3) is 0 Å². The molecule has 0 bridgehead atoms. The summed E-state index contributed by atoms with van der Waals surface area (Å²) in [5.41, 5.74) is 0. The molecule has 0 unspecified atom stereocenters. The van der Waals surface area contributed by atoms with Crippen LogP contribution >= 0.6 is 0 Å². The van der Waals surface area contributed by atoms with E-state index in [1.807, 2.05) is 0 Å².